The fourth-order valence-corrected chi connectivity index (χ4v) is 1.72. The van der Waals surface area contributed by atoms with E-state index in [1.165, 1.54) is 57.6 Å². The Balaban J connectivity index is -0.000000639. The minimum absolute atomic E-state index is 0. The van der Waals surface area contributed by atoms with E-state index < -0.39 is 11.9 Å². The van der Waals surface area contributed by atoms with Crippen LogP contribution in [0.25, 0.3) is 0 Å². The van der Waals surface area contributed by atoms with Crippen LogP contribution in [-0.4, -0.2) is 57.9 Å². The first-order valence-electron chi connectivity index (χ1n) is 8.64. The molecule has 0 aliphatic heterocycles. The van der Waals surface area contributed by atoms with Crippen molar-refractivity contribution in [2.24, 2.45) is 4.99 Å². The molecular formula is C18H34NNaO4. The van der Waals surface area contributed by atoms with Crippen LogP contribution in [0.1, 0.15) is 84.5 Å². The van der Waals surface area contributed by atoms with E-state index in [2.05, 4.69) is 11.9 Å². The van der Waals surface area contributed by atoms with Crippen LogP contribution in [0.15, 0.2) is 17.3 Å². The SMILES string of the molecule is CCC(=O)O.CCCCCCCCCCC=CN=CCC(=O)O.[NaH]. The quantitative estimate of drug-likeness (QED) is 0.292. The molecule has 0 saturated carbocycles. The molecule has 0 radical (unpaired) electrons. The standard InChI is InChI=1S/C15H27NO2.C3H6O2.Na.H/c1-2-3-4-5-6-7-8-9-10-11-13-16-14-12-15(17)18;1-2-3(4)5;;/h11,13-14H,2-10,12H2,1H3,(H,17,18);2H2,1H3,(H,4,5);;. The molecule has 0 saturated heterocycles. The molecule has 0 aliphatic carbocycles. The second-order valence-corrected chi connectivity index (χ2v) is 5.33. The summed E-state index contributed by atoms with van der Waals surface area (Å²) in [5.74, 6) is -1.58. The number of carboxylic acid groups (broad SMARTS) is 2. The molecule has 0 unspecified atom stereocenters. The van der Waals surface area contributed by atoms with Crippen molar-refractivity contribution < 1.29 is 19.8 Å². The van der Waals surface area contributed by atoms with Crippen LogP contribution >= 0.6 is 0 Å². The summed E-state index contributed by atoms with van der Waals surface area (Å²) in [7, 11) is 0. The number of rotatable bonds is 13. The van der Waals surface area contributed by atoms with Gasteiger partial charge in [0.2, 0.25) is 0 Å². The summed E-state index contributed by atoms with van der Waals surface area (Å²) in [6.07, 6.45) is 17.0. The van der Waals surface area contributed by atoms with Crippen molar-refractivity contribution in [3.63, 3.8) is 0 Å². The van der Waals surface area contributed by atoms with Gasteiger partial charge in [0.15, 0.2) is 0 Å². The predicted molar refractivity (Wildman–Crippen MR) is 102 cm³/mol. The van der Waals surface area contributed by atoms with Gasteiger partial charge in [-0.15, -0.1) is 0 Å². The molecule has 6 heteroatoms. The molecule has 0 aromatic carbocycles. The molecule has 0 aromatic rings. The predicted octanol–water partition coefficient (Wildman–Crippen LogP) is 4.41. The Kier molecular flexibility index (Phi) is 28.9. The number of aliphatic imine (C=N–C) groups is 1. The van der Waals surface area contributed by atoms with Gasteiger partial charge >= 0.3 is 41.5 Å². The molecule has 0 spiro atoms. The summed E-state index contributed by atoms with van der Waals surface area (Å²) >= 11 is 0. The third-order valence-electron chi connectivity index (χ3n) is 3.09. The molecular weight excluding hydrogens is 317 g/mol. The maximum atomic E-state index is 10.2. The van der Waals surface area contributed by atoms with E-state index in [0.717, 1.165) is 6.42 Å². The molecule has 0 atom stereocenters. The Labute approximate surface area is 168 Å². The summed E-state index contributed by atoms with van der Waals surface area (Å²) in [5.41, 5.74) is 0. The van der Waals surface area contributed by atoms with Crippen molar-refractivity contribution >= 4 is 47.7 Å². The Bertz CT molecular complexity index is 344. The van der Waals surface area contributed by atoms with E-state index in [0.29, 0.717) is 0 Å². The fraction of sp³-hybridized carbons (Fsp3) is 0.722. The van der Waals surface area contributed by atoms with E-state index in [1.807, 2.05) is 6.08 Å². The second-order valence-electron chi connectivity index (χ2n) is 5.33. The van der Waals surface area contributed by atoms with Crippen molar-refractivity contribution in [3.05, 3.63) is 12.3 Å². The van der Waals surface area contributed by atoms with E-state index in [1.54, 1.807) is 13.1 Å². The van der Waals surface area contributed by atoms with Gasteiger partial charge in [-0.25, -0.2) is 0 Å². The van der Waals surface area contributed by atoms with Gasteiger partial charge in [0.1, 0.15) is 0 Å². The zero-order valence-electron chi connectivity index (χ0n) is 14.7. The second kappa shape index (κ2) is 24.6. The van der Waals surface area contributed by atoms with Crippen molar-refractivity contribution in [3.8, 4) is 0 Å². The van der Waals surface area contributed by atoms with Gasteiger partial charge in [0.05, 0.1) is 6.42 Å². The van der Waals surface area contributed by atoms with Crippen molar-refractivity contribution in [2.75, 3.05) is 0 Å². The van der Waals surface area contributed by atoms with Gasteiger partial charge in [-0.3, -0.25) is 14.6 Å². The molecule has 0 rings (SSSR count). The number of aliphatic carboxylic acids is 2. The minimum atomic E-state index is -0.838. The molecule has 5 nitrogen and oxygen atoms in total. The van der Waals surface area contributed by atoms with Crippen LogP contribution in [0, 0.1) is 0 Å². The monoisotopic (exact) mass is 351 g/mol. The maximum absolute atomic E-state index is 10.2. The van der Waals surface area contributed by atoms with Crippen molar-refractivity contribution in [2.45, 2.75) is 84.5 Å². The number of unbranched alkanes of at least 4 members (excludes halogenated alkanes) is 8. The van der Waals surface area contributed by atoms with Gasteiger partial charge in [0.25, 0.3) is 0 Å². The number of hydrogen-bond donors (Lipinski definition) is 2. The molecule has 0 amide bonds. The van der Waals surface area contributed by atoms with Crippen LogP contribution in [0.2, 0.25) is 0 Å². The molecule has 2 N–H and O–H groups in total. The third-order valence-corrected chi connectivity index (χ3v) is 3.09. The Hall–Kier alpha value is -0.650. The topological polar surface area (TPSA) is 87.0 Å². The summed E-state index contributed by atoms with van der Waals surface area (Å²) in [4.78, 5) is 23.4. The molecule has 136 valence electrons. The number of allylic oxidation sites excluding steroid dienone is 1. The molecule has 0 aromatic heterocycles. The molecule has 0 aliphatic rings. The number of carbonyl (C=O) groups is 2. The van der Waals surface area contributed by atoms with Crippen LogP contribution in [0.4, 0.5) is 0 Å². The van der Waals surface area contributed by atoms with Crippen LogP contribution < -0.4 is 0 Å². The first-order chi connectivity index (χ1) is 11.0. The van der Waals surface area contributed by atoms with Gasteiger partial charge in [0, 0.05) is 18.8 Å². The van der Waals surface area contributed by atoms with E-state index >= 15 is 0 Å². The first-order valence-corrected chi connectivity index (χ1v) is 8.64. The first kappa shape index (κ1) is 28.2. The van der Waals surface area contributed by atoms with Crippen LogP contribution in [-0.2, 0) is 9.59 Å². The van der Waals surface area contributed by atoms with E-state index in [9.17, 15) is 9.59 Å². The van der Waals surface area contributed by atoms with Crippen LogP contribution in [0.3, 0.4) is 0 Å². The van der Waals surface area contributed by atoms with Gasteiger partial charge in [-0.1, -0.05) is 64.9 Å². The summed E-state index contributed by atoms with van der Waals surface area (Å²) in [6, 6.07) is 0. The van der Waals surface area contributed by atoms with Crippen LogP contribution in [0.5, 0.6) is 0 Å². The molecule has 0 fully saturated rings. The molecule has 0 heterocycles. The number of nitrogens with zero attached hydrogens (tertiary/aromatic N) is 1. The zero-order valence-corrected chi connectivity index (χ0v) is 14.7. The summed E-state index contributed by atoms with van der Waals surface area (Å²) in [6.45, 7) is 3.84. The zero-order chi connectivity index (χ0) is 17.8. The molecule has 0 bridgehead atoms. The van der Waals surface area contributed by atoms with E-state index in [-0.39, 0.29) is 42.4 Å². The van der Waals surface area contributed by atoms with Crippen molar-refractivity contribution in [1.82, 2.24) is 0 Å². The Morgan fingerprint density at radius 3 is 1.83 bits per heavy atom. The summed E-state index contributed by atoms with van der Waals surface area (Å²) < 4.78 is 0. The average Bonchev–Trinajstić information content (AvgIpc) is 2.52. The summed E-state index contributed by atoms with van der Waals surface area (Å²) in [5, 5.41) is 16.1. The normalized spacial score (nSPS) is 10.2. The Morgan fingerprint density at radius 1 is 0.875 bits per heavy atom. The van der Waals surface area contributed by atoms with E-state index in [4.69, 9.17) is 10.2 Å². The van der Waals surface area contributed by atoms with Gasteiger partial charge in [-0.2, -0.15) is 0 Å². The number of carboxylic acids is 2. The van der Waals surface area contributed by atoms with Crippen molar-refractivity contribution in [1.29, 1.82) is 0 Å². The fourth-order valence-electron chi connectivity index (χ4n) is 1.72. The number of hydrogen-bond acceptors (Lipinski definition) is 3. The van der Waals surface area contributed by atoms with Gasteiger partial charge in [-0.05, 0) is 12.8 Å². The van der Waals surface area contributed by atoms with Gasteiger partial charge < -0.3 is 10.2 Å². The third kappa shape index (κ3) is 33.1. The molecule has 24 heavy (non-hydrogen) atoms. The average molecular weight is 351 g/mol. The Morgan fingerprint density at radius 2 is 1.38 bits per heavy atom.